The fourth-order valence-corrected chi connectivity index (χ4v) is 6.39. The van der Waals surface area contributed by atoms with Crippen LogP contribution in [0.4, 0.5) is 5.69 Å². The number of hydrogen-bond acceptors (Lipinski definition) is 6. The number of nitrogens with zero attached hydrogens (tertiary/aromatic N) is 2. The number of carbonyl (C=O) groups is 1. The van der Waals surface area contributed by atoms with Crippen molar-refractivity contribution < 1.29 is 23.1 Å². The third-order valence-corrected chi connectivity index (χ3v) is 8.51. The number of fused-ring (bicyclic) bond motifs is 1. The van der Waals surface area contributed by atoms with Crippen molar-refractivity contribution in [2.45, 2.75) is 37.1 Å². The van der Waals surface area contributed by atoms with Gasteiger partial charge in [-0.15, -0.1) is 11.3 Å². The average molecular weight is 511 g/mol. The van der Waals surface area contributed by atoms with E-state index in [4.69, 9.17) is 9.84 Å². The number of hydrogen-bond donors (Lipinski definition) is 1. The maximum absolute atomic E-state index is 13.5. The van der Waals surface area contributed by atoms with Crippen molar-refractivity contribution in [1.82, 2.24) is 4.98 Å². The van der Waals surface area contributed by atoms with Crippen LogP contribution in [0.2, 0.25) is 0 Å². The van der Waals surface area contributed by atoms with Gasteiger partial charge in [0.1, 0.15) is 12.4 Å². The van der Waals surface area contributed by atoms with Crippen molar-refractivity contribution in [3.8, 4) is 5.75 Å². The van der Waals surface area contributed by atoms with Gasteiger partial charge in [-0.1, -0.05) is 36.4 Å². The van der Waals surface area contributed by atoms with E-state index in [2.05, 4.69) is 11.6 Å². The zero-order chi connectivity index (χ0) is 25.0. The Hall–Kier alpha value is -3.43. The van der Waals surface area contributed by atoms with E-state index in [0.29, 0.717) is 17.0 Å². The molecule has 7 nitrogen and oxygen atoms in total. The fraction of sp³-hybridized carbons (Fsp3) is 0.231. The van der Waals surface area contributed by atoms with Crippen LogP contribution in [0.5, 0.6) is 5.75 Å². The van der Waals surface area contributed by atoms with Crippen LogP contribution in [-0.4, -0.2) is 31.0 Å². The molecule has 0 fully saturated rings. The Labute approximate surface area is 209 Å². The van der Waals surface area contributed by atoms with Crippen LogP contribution in [-0.2, 0) is 34.3 Å². The molecule has 0 atom stereocenters. The van der Waals surface area contributed by atoms with E-state index in [-0.39, 0.29) is 17.5 Å². The van der Waals surface area contributed by atoms with Gasteiger partial charge in [0.25, 0.3) is 10.0 Å². The molecule has 4 rings (SSSR count). The molecule has 0 bridgehead atoms. The number of thiazole rings is 1. The first kappa shape index (κ1) is 24.7. The Morgan fingerprint density at radius 1 is 1.23 bits per heavy atom. The summed E-state index contributed by atoms with van der Waals surface area (Å²) in [4.78, 5) is 14.8. The summed E-state index contributed by atoms with van der Waals surface area (Å²) < 4.78 is 34.6. The van der Waals surface area contributed by atoms with Crippen LogP contribution >= 0.6 is 11.3 Å². The minimum Gasteiger partial charge on any atom is -0.487 e. The van der Waals surface area contributed by atoms with Crippen molar-refractivity contribution in [3.05, 3.63) is 88.5 Å². The lowest BCUT2D eigenvalue weighted by Gasteiger charge is -2.26. The highest BCUT2D eigenvalue weighted by molar-refractivity contribution is 7.94. The van der Waals surface area contributed by atoms with E-state index in [0.717, 1.165) is 53.4 Å². The molecule has 1 aromatic heterocycles. The third-order valence-electron chi connectivity index (χ3n) is 5.57. The number of anilines is 1. The molecule has 0 amide bonds. The van der Waals surface area contributed by atoms with Gasteiger partial charge in [0, 0.05) is 17.7 Å². The molecule has 1 N–H and O–H groups in total. The van der Waals surface area contributed by atoms with Gasteiger partial charge >= 0.3 is 5.97 Å². The Kier molecular flexibility index (Phi) is 7.37. The summed E-state index contributed by atoms with van der Waals surface area (Å²) >= 11 is 1.08. The Balaban J connectivity index is 1.67. The summed E-state index contributed by atoms with van der Waals surface area (Å²) in [6.45, 7) is 6.07. The second-order valence-corrected chi connectivity index (χ2v) is 11.3. The Morgan fingerprint density at radius 3 is 2.57 bits per heavy atom. The standard InChI is InChI=1S/C26H26N2O5S2/c1-18(2)16-28(35(31,32)26-27-12-13-34-26)23-14-21-4-3-5-22(21)15-24(23)33-17-20-8-6-19(7-9-20)10-11-25(29)30/h6-15H,1,3-5,16-17H2,2H3,(H,29,30)/b11-10+. The second kappa shape index (κ2) is 10.5. The van der Waals surface area contributed by atoms with E-state index in [1.807, 2.05) is 36.4 Å². The molecule has 1 heterocycles. The van der Waals surface area contributed by atoms with E-state index < -0.39 is 16.0 Å². The molecule has 1 aliphatic carbocycles. The monoisotopic (exact) mass is 510 g/mol. The number of aryl methyl sites for hydroxylation is 2. The highest BCUT2D eigenvalue weighted by Crippen LogP contribution is 2.39. The van der Waals surface area contributed by atoms with Crippen LogP contribution in [0.1, 0.15) is 35.6 Å². The summed E-state index contributed by atoms with van der Waals surface area (Å²) in [6.07, 6.45) is 6.92. The van der Waals surface area contributed by atoms with Crippen molar-refractivity contribution in [3.63, 3.8) is 0 Å². The van der Waals surface area contributed by atoms with Crippen LogP contribution in [0.25, 0.3) is 6.08 Å². The molecule has 182 valence electrons. The Morgan fingerprint density at radius 2 is 1.94 bits per heavy atom. The molecule has 35 heavy (non-hydrogen) atoms. The SMILES string of the molecule is C=C(C)CN(c1cc2c(cc1OCc1ccc(/C=C/C(=O)O)cc1)CCC2)S(=O)(=O)c1nccs1. The minimum atomic E-state index is -3.90. The minimum absolute atomic E-state index is 0.0233. The van der Waals surface area contributed by atoms with Gasteiger partial charge in [-0.25, -0.2) is 9.78 Å². The number of carboxylic acids is 1. The van der Waals surface area contributed by atoms with Gasteiger partial charge in [-0.3, -0.25) is 4.31 Å². The molecule has 0 unspecified atom stereocenters. The number of carboxylic acid groups (broad SMARTS) is 1. The highest BCUT2D eigenvalue weighted by atomic mass is 32.2. The lowest BCUT2D eigenvalue weighted by atomic mass is 10.1. The van der Waals surface area contributed by atoms with Gasteiger partial charge in [-0.2, -0.15) is 8.42 Å². The number of sulfonamides is 1. The van der Waals surface area contributed by atoms with Gasteiger partial charge < -0.3 is 9.84 Å². The summed E-state index contributed by atoms with van der Waals surface area (Å²) in [6, 6.07) is 11.2. The average Bonchev–Trinajstić information content (AvgIpc) is 3.52. The maximum Gasteiger partial charge on any atom is 0.328 e. The molecule has 3 aromatic rings. The van der Waals surface area contributed by atoms with E-state index in [1.165, 1.54) is 22.1 Å². The Bertz CT molecular complexity index is 1360. The molecule has 0 saturated heterocycles. The molecule has 0 aliphatic heterocycles. The molecule has 0 saturated carbocycles. The van der Waals surface area contributed by atoms with Crippen molar-refractivity contribution in [2.75, 3.05) is 10.8 Å². The number of aromatic nitrogens is 1. The first-order valence-electron chi connectivity index (χ1n) is 11.1. The lowest BCUT2D eigenvalue weighted by Crippen LogP contribution is -2.33. The largest absolute Gasteiger partial charge is 0.487 e. The molecule has 2 aromatic carbocycles. The van der Waals surface area contributed by atoms with Gasteiger partial charge in [0.15, 0.2) is 0 Å². The predicted molar refractivity (Wildman–Crippen MR) is 137 cm³/mol. The zero-order valence-electron chi connectivity index (χ0n) is 19.3. The van der Waals surface area contributed by atoms with Gasteiger partial charge in [-0.05, 0) is 66.6 Å². The molecular formula is C26H26N2O5S2. The summed E-state index contributed by atoms with van der Waals surface area (Å²) in [5, 5.41) is 10.4. The third kappa shape index (κ3) is 5.80. The smallest absolute Gasteiger partial charge is 0.328 e. The topological polar surface area (TPSA) is 96.8 Å². The molecule has 0 spiro atoms. The van der Waals surface area contributed by atoms with E-state index >= 15 is 0 Å². The van der Waals surface area contributed by atoms with E-state index in [9.17, 15) is 13.2 Å². The number of rotatable bonds is 10. The number of aliphatic carboxylic acids is 1. The van der Waals surface area contributed by atoms with Crippen molar-refractivity contribution >= 4 is 39.1 Å². The van der Waals surface area contributed by atoms with Gasteiger partial charge in [0.2, 0.25) is 4.34 Å². The predicted octanol–water partition coefficient (Wildman–Crippen LogP) is 5.08. The normalized spacial score (nSPS) is 13.1. The summed E-state index contributed by atoms with van der Waals surface area (Å²) in [5.41, 5.74) is 5.10. The fourth-order valence-electron chi connectivity index (χ4n) is 3.93. The molecule has 0 radical (unpaired) electrons. The number of benzene rings is 2. The van der Waals surface area contributed by atoms with Crippen molar-refractivity contribution in [1.29, 1.82) is 0 Å². The first-order chi connectivity index (χ1) is 16.7. The van der Waals surface area contributed by atoms with Gasteiger partial charge in [0.05, 0.1) is 12.2 Å². The summed E-state index contributed by atoms with van der Waals surface area (Å²) in [7, 11) is -3.90. The highest BCUT2D eigenvalue weighted by Gasteiger charge is 2.31. The zero-order valence-corrected chi connectivity index (χ0v) is 20.9. The molecular weight excluding hydrogens is 484 g/mol. The summed E-state index contributed by atoms with van der Waals surface area (Å²) in [5.74, 6) is -0.518. The van der Waals surface area contributed by atoms with Crippen LogP contribution in [0.3, 0.4) is 0 Å². The first-order valence-corrected chi connectivity index (χ1v) is 13.4. The van der Waals surface area contributed by atoms with Crippen LogP contribution < -0.4 is 9.04 Å². The van der Waals surface area contributed by atoms with Crippen molar-refractivity contribution in [2.24, 2.45) is 0 Å². The lowest BCUT2D eigenvalue weighted by molar-refractivity contribution is -0.131. The van der Waals surface area contributed by atoms with E-state index in [1.54, 1.807) is 12.3 Å². The molecule has 9 heteroatoms. The quantitative estimate of drug-likeness (QED) is 0.302. The number of ether oxygens (including phenoxy) is 1. The maximum atomic E-state index is 13.5. The van der Waals surface area contributed by atoms with Crippen LogP contribution in [0.15, 0.2) is 70.5 Å². The second-order valence-electron chi connectivity index (χ2n) is 8.41. The molecule has 1 aliphatic rings. The van der Waals surface area contributed by atoms with Crippen LogP contribution in [0, 0.1) is 0 Å².